The molecule has 0 aliphatic rings. The Kier molecular flexibility index (Phi) is 677. The van der Waals surface area contributed by atoms with Crippen LogP contribution in [-0.2, 0) is 0 Å². The molecule has 0 rings (SSSR count). The summed E-state index contributed by atoms with van der Waals surface area (Å²) in [7, 11) is 0. The van der Waals surface area contributed by atoms with Crippen LogP contribution in [0.1, 0.15) is 0 Å². The first-order valence-corrected chi connectivity index (χ1v) is 15.6. The van der Waals surface area contributed by atoms with Crippen molar-refractivity contribution in [2.24, 2.45) is 0 Å². The van der Waals surface area contributed by atoms with Gasteiger partial charge in [-0.1, -0.05) is 0 Å². The van der Waals surface area contributed by atoms with Crippen molar-refractivity contribution in [1.29, 1.82) is 0 Å². The minimum Gasteiger partial charge on any atom is -0.652 e. The van der Waals surface area contributed by atoms with Crippen LogP contribution in [0.3, 0.4) is 0 Å². The number of hydrogen-bond donors (Lipinski definition) is 14. The van der Waals surface area contributed by atoms with E-state index in [9.17, 15) is 0 Å². The Bertz CT molecular complexity index is 1430. The fourth-order valence-electron chi connectivity index (χ4n) is 0. The molecule has 0 amide bonds. The molecule has 0 aliphatic carbocycles. The zero-order valence-electron chi connectivity index (χ0n) is 56.4. The molecule has 0 spiro atoms. The van der Waals surface area contributed by atoms with E-state index in [2.05, 4.69) is 0 Å². The van der Waals surface area contributed by atoms with Crippen LogP contribution in [0.5, 0.6) is 0 Å². The van der Waals surface area contributed by atoms with Crippen LogP contribution in [0.4, 0.5) is 120 Å². The molecule has 14 N–H and O–H groups in total. The molecule has 0 aromatic rings. The molecule has 0 fully saturated rings. The predicted molar refractivity (Wildman–Crippen MR) is 275 cm³/mol. The maximum absolute atomic E-state index is 8.56. The van der Waals surface area contributed by atoms with Crippen molar-refractivity contribution >= 4 is 833 Å². The van der Waals surface area contributed by atoms with E-state index in [0.29, 0.717) is 0 Å². The average molecular weight is 2240 g/mol. The first-order chi connectivity index (χ1) is 43.3. The summed E-state index contributed by atoms with van der Waals surface area (Å²) in [6.45, 7) is 0. The van der Waals surface area contributed by atoms with E-state index in [1.54, 1.807) is 0 Å². The SMILES string of the molecule is O=C(O)O.O=C(O)O.O=C(O)O.O=C(O)O.O=C(O)O.O=C(O)O.O=C(O)O.O=C([O-])[O-].O=C([O-])[O-].O=C([O-])[O-].O=C([O-])[O-].O=C([O-])[O-].O=C([O-])[O-].O=C([O-])[O-].O=C([O-])[O-].O=C([O-])[O-].O=C([O-])[O-].O=C([O-])[O-].O=C([O-])[O-].O=C([O-])[O-].O=C([O-])[O-].O=C([O-])[O-].O=C([O-])[O-].O=C([O-])[O-].O=C([O-])[O-].[Ca+2].[Ca+2].[Ca+2].[Ca+2].[Ca+2].[Ca+2].[Ca+2].[Ca+2].[Ca+2].[Ca+2].[Ca+2].[Ca+2].[Ca+2].[Ca+2].[Ca+2].[Ca+2].[Ca+2].[Ca+2]. The van der Waals surface area contributed by atoms with Gasteiger partial charge in [0.25, 0.3) is 0 Å². The minimum absolute atomic E-state index is 0. The molecule has 93 heteroatoms. The number of carbonyl (C=O) groups is 25. The molecular formula is C25H14Ca18O75. The Labute approximate surface area is 1180 Å². The second-order valence-electron chi connectivity index (χ2n) is 6.48. The molecule has 0 aromatic heterocycles. The van der Waals surface area contributed by atoms with Crippen molar-refractivity contribution in [2.75, 3.05) is 0 Å². The van der Waals surface area contributed by atoms with Gasteiger partial charge in [0.2, 0.25) is 0 Å². The largest absolute Gasteiger partial charge is 2.00 e. The van der Waals surface area contributed by atoms with Gasteiger partial charge in [0, 0.05) is 0 Å². The third kappa shape index (κ3) is 87700. The summed E-state index contributed by atoms with van der Waals surface area (Å²) in [5.41, 5.74) is 0. The second-order valence-corrected chi connectivity index (χ2v) is 6.48. The maximum atomic E-state index is 8.56. The molecule has 0 heterocycles. The van der Waals surface area contributed by atoms with E-state index in [1.807, 2.05) is 0 Å². The van der Waals surface area contributed by atoms with Crippen molar-refractivity contribution in [1.82, 2.24) is 0 Å². The van der Waals surface area contributed by atoms with Crippen molar-refractivity contribution in [3.63, 3.8) is 0 Å². The quantitative estimate of drug-likeness (QED) is 0.100. The summed E-state index contributed by atoms with van der Waals surface area (Å²) in [5.74, 6) is 0. The van der Waals surface area contributed by atoms with E-state index in [4.69, 9.17) is 375 Å². The summed E-state index contributed by atoms with van der Waals surface area (Å²) >= 11 is 0. The molecule has 0 atom stereocenters. The van der Waals surface area contributed by atoms with Gasteiger partial charge in [-0.3, -0.25) is 0 Å². The van der Waals surface area contributed by atoms with Crippen LogP contribution < -0.4 is 184 Å². The monoisotopic (exact) mass is 2230 g/mol. The molecule has 0 aromatic carbocycles. The normalized spacial score (nSPS) is 5.08. The third-order valence-electron chi connectivity index (χ3n) is 0. The average Bonchev–Trinajstić information content (AvgIpc) is 3.15. The Balaban J connectivity index is -0.0000000120. The van der Waals surface area contributed by atoms with Gasteiger partial charge >= 0.3 is 722 Å². The zero-order valence-corrected chi connectivity index (χ0v) is 96.1. The summed E-state index contributed by atoms with van der Waals surface area (Å²) in [5, 5.41) is 398. The van der Waals surface area contributed by atoms with E-state index in [-0.39, 0.29) is 679 Å². The molecular weight excluding hydrogens is 2220 g/mol. The van der Waals surface area contributed by atoms with Gasteiger partial charge in [-0.05, 0) is 111 Å². The molecule has 0 saturated heterocycles. The number of hydrogen-bond acceptors (Lipinski definition) is 61. The fraction of sp³-hybridized carbons (Fsp3) is 0. The van der Waals surface area contributed by atoms with Crippen LogP contribution in [0.2, 0.25) is 0 Å². The predicted octanol–water partition coefficient (Wildman–Crippen LogP) is -49.3. The van der Waals surface area contributed by atoms with E-state index < -0.39 is 154 Å². The van der Waals surface area contributed by atoms with Crippen molar-refractivity contribution < 1.29 is 375 Å². The smallest absolute Gasteiger partial charge is 0.652 e. The first kappa shape index (κ1) is 286. The molecule has 0 radical (unpaired) electrons. The molecule has 0 aliphatic heterocycles. The van der Waals surface area contributed by atoms with Crippen molar-refractivity contribution in [2.45, 2.75) is 0 Å². The molecule has 0 unspecified atom stereocenters. The van der Waals surface area contributed by atoms with Gasteiger partial charge in [-0.15, -0.1) is 0 Å². The first-order valence-electron chi connectivity index (χ1n) is 15.6. The van der Waals surface area contributed by atoms with Gasteiger partial charge in [0.15, 0.2) is 0 Å². The second kappa shape index (κ2) is 279. The topological polar surface area (TPSA) is 1540 Å². The number of rotatable bonds is 0. The number of carboxylic acid groups (broad SMARTS) is 50. The molecule has 0 bridgehead atoms. The minimum atomic E-state index is -2.33. The third-order valence-corrected chi connectivity index (χ3v) is 0. The van der Waals surface area contributed by atoms with Gasteiger partial charge in [0.05, 0.1) is 0 Å². The van der Waals surface area contributed by atoms with Crippen LogP contribution in [0.25, 0.3) is 0 Å². The summed E-state index contributed by atoms with van der Waals surface area (Å²) in [4.78, 5) is 210. The maximum Gasteiger partial charge on any atom is 2.00 e. The Morgan fingerprint density at radius 2 is 0.0847 bits per heavy atom. The summed E-state index contributed by atoms with van der Waals surface area (Å²) in [6, 6.07) is 0. The molecule has 600 valence electrons. The standard InChI is InChI=1S/25CH2O3.18Ca/c25*2-1(3)4;;;;;;;;;;;;;;;;;;/h25*(H2,2,3,4);;;;;;;;;;;;;;;;;;/q;;;;;;;;;;;;;;;;;;;;;;;;;18*+2/p-36. The van der Waals surface area contributed by atoms with Gasteiger partial charge < -0.3 is 342 Å². The van der Waals surface area contributed by atoms with E-state index >= 15 is 0 Å². The fourth-order valence-corrected chi connectivity index (χ4v) is 0. The van der Waals surface area contributed by atoms with Crippen LogP contribution >= 0.6 is 0 Å². The Morgan fingerprint density at radius 1 is 0.0847 bits per heavy atom. The Morgan fingerprint density at radius 3 is 0.0847 bits per heavy atom. The summed E-state index contributed by atoms with van der Waals surface area (Å²) in [6.07, 6.45) is -54.8. The van der Waals surface area contributed by atoms with Gasteiger partial charge in [-0.2, -0.15) is 0 Å². The molecule has 0 saturated carbocycles. The van der Waals surface area contributed by atoms with Crippen LogP contribution in [0, 0.1) is 0 Å². The van der Waals surface area contributed by atoms with Gasteiger partial charge in [0.1, 0.15) is 0 Å². The summed E-state index contributed by atoms with van der Waals surface area (Å²) < 4.78 is 0. The van der Waals surface area contributed by atoms with E-state index in [1.165, 1.54) is 0 Å². The van der Waals surface area contributed by atoms with Crippen LogP contribution in [0.15, 0.2) is 0 Å². The number of carbonyl (C=O) groups excluding carboxylic acids is 18. The van der Waals surface area contributed by atoms with Crippen LogP contribution in [-0.4, -0.2) is 905 Å². The van der Waals surface area contributed by atoms with Gasteiger partial charge in [-0.25, -0.2) is 33.6 Å². The van der Waals surface area contributed by atoms with Crippen molar-refractivity contribution in [3.8, 4) is 0 Å². The van der Waals surface area contributed by atoms with E-state index in [0.717, 1.165) is 0 Å². The Hall–Kier alpha value is 4.43. The van der Waals surface area contributed by atoms with Crippen molar-refractivity contribution in [3.05, 3.63) is 0 Å². The molecule has 75 nitrogen and oxygen atoms in total. The zero-order chi connectivity index (χ0) is 89.4. The molecule has 118 heavy (non-hydrogen) atoms.